The Balaban J connectivity index is 1.75. The van der Waals surface area contributed by atoms with Gasteiger partial charge in [0.2, 0.25) is 5.13 Å². The highest BCUT2D eigenvalue weighted by Crippen LogP contribution is 2.23. The maximum Gasteiger partial charge on any atom is 0.339 e. The van der Waals surface area contributed by atoms with Crippen LogP contribution in [0.5, 0.6) is 5.75 Å². The van der Waals surface area contributed by atoms with Crippen LogP contribution in [0.2, 0.25) is 0 Å². The lowest BCUT2D eigenvalue weighted by Crippen LogP contribution is -2.13. The molecule has 1 heterocycles. The number of rotatable bonds is 5. The molecule has 0 aliphatic heterocycles. The van der Waals surface area contributed by atoms with E-state index < -0.39 is 10.1 Å². The molecule has 27 heavy (non-hydrogen) atoms. The van der Waals surface area contributed by atoms with E-state index in [0.717, 1.165) is 10.6 Å². The number of amides is 1. The maximum atomic E-state index is 12.5. The number of aryl methyl sites for hydroxylation is 3. The zero-order valence-electron chi connectivity index (χ0n) is 14.9. The molecule has 0 bridgehead atoms. The highest BCUT2D eigenvalue weighted by molar-refractivity contribution is 7.87. The molecule has 0 saturated heterocycles. The second-order valence-electron chi connectivity index (χ2n) is 5.91. The number of hydrogen-bond donors (Lipinski definition) is 1. The SMILES string of the molecule is Cc1ccc(C)c(S(=O)(=O)Oc2ccc(C(=O)Nc3nnc(C)s3)cc2)c1. The summed E-state index contributed by atoms with van der Waals surface area (Å²) >= 11 is 1.26. The van der Waals surface area contributed by atoms with Crippen molar-refractivity contribution in [2.45, 2.75) is 25.7 Å². The summed E-state index contributed by atoms with van der Waals surface area (Å²) in [6, 6.07) is 11.0. The molecule has 1 amide bonds. The van der Waals surface area contributed by atoms with E-state index in [1.165, 1.54) is 35.6 Å². The van der Waals surface area contributed by atoms with Crippen molar-refractivity contribution in [3.05, 3.63) is 64.2 Å². The highest BCUT2D eigenvalue weighted by Gasteiger charge is 2.20. The van der Waals surface area contributed by atoms with Gasteiger partial charge in [0.05, 0.1) is 0 Å². The quantitative estimate of drug-likeness (QED) is 0.655. The molecule has 0 unspecified atom stereocenters. The lowest BCUT2D eigenvalue weighted by Gasteiger charge is -2.10. The molecule has 0 saturated carbocycles. The summed E-state index contributed by atoms with van der Waals surface area (Å²) in [6.45, 7) is 5.31. The molecule has 140 valence electrons. The van der Waals surface area contributed by atoms with Crippen molar-refractivity contribution in [2.75, 3.05) is 5.32 Å². The van der Waals surface area contributed by atoms with E-state index in [9.17, 15) is 13.2 Å². The van der Waals surface area contributed by atoms with Crippen LogP contribution >= 0.6 is 11.3 Å². The van der Waals surface area contributed by atoms with E-state index in [4.69, 9.17) is 4.18 Å². The molecule has 2 aromatic carbocycles. The van der Waals surface area contributed by atoms with Crippen LogP contribution in [0.3, 0.4) is 0 Å². The number of nitrogens with zero attached hydrogens (tertiary/aromatic N) is 2. The van der Waals surface area contributed by atoms with Gasteiger partial charge in [0.15, 0.2) is 0 Å². The van der Waals surface area contributed by atoms with Gasteiger partial charge in [0.25, 0.3) is 5.91 Å². The van der Waals surface area contributed by atoms with Gasteiger partial charge in [-0.05, 0) is 62.2 Å². The summed E-state index contributed by atoms with van der Waals surface area (Å²) in [6.07, 6.45) is 0. The lowest BCUT2D eigenvalue weighted by atomic mass is 10.2. The first-order valence-electron chi connectivity index (χ1n) is 7.98. The molecule has 1 aromatic heterocycles. The molecule has 9 heteroatoms. The van der Waals surface area contributed by atoms with Crippen LogP contribution in [-0.4, -0.2) is 24.5 Å². The molecule has 1 N–H and O–H groups in total. The summed E-state index contributed by atoms with van der Waals surface area (Å²) in [5.74, 6) is -0.241. The van der Waals surface area contributed by atoms with Gasteiger partial charge in [-0.25, -0.2) is 0 Å². The summed E-state index contributed by atoms with van der Waals surface area (Å²) in [5, 5.41) is 11.4. The van der Waals surface area contributed by atoms with Crippen molar-refractivity contribution in [2.24, 2.45) is 0 Å². The minimum Gasteiger partial charge on any atom is -0.379 e. The van der Waals surface area contributed by atoms with Crippen molar-refractivity contribution in [3.8, 4) is 5.75 Å². The van der Waals surface area contributed by atoms with Gasteiger partial charge in [0, 0.05) is 5.56 Å². The number of carbonyl (C=O) groups is 1. The average molecular weight is 403 g/mol. The predicted octanol–water partition coefficient (Wildman–Crippen LogP) is 3.48. The summed E-state index contributed by atoms with van der Waals surface area (Å²) in [5.41, 5.74) is 1.77. The third-order valence-corrected chi connectivity index (χ3v) is 5.83. The Morgan fingerprint density at radius 2 is 1.74 bits per heavy atom. The van der Waals surface area contributed by atoms with Crippen LogP contribution < -0.4 is 9.50 Å². The van der Waals surface area contributed by atoms with Crippen molar-refractivity contribution >= 4 is 32.5 Å². The maximum absolute atomic E-state index is 12.5. The van der Waals surface area contributed by atoms with Crippen molar-refractivity contribution in [1.29, 1.82) is 0 Å². The smallest absolute Gasteiger partial charge is 0.339 e. The number of benzene rings is 2. The highest BCUT2D eigenvalue weighted by atomic mass is 32.2. The van der Waals surface area contributed by atoms with Crippen LogP contribution in [0.25, 0.3) is 0 Å². The summed E-state index contributed by atoms with van der Waals surface area (Å²) < 4.78 is 30.2. The Bertz CT molecular complexity index is 1090. The molecular weight excluding hydrogens is 386 g/mol. The Morgan fingerprint density at radius 3 is 2.37 bits per heavy atom. The van der Waals surface area contributed by atoms with Gasteiger partial charge in [-0.2, -0.15) is 8.42 Å². The zero-order valence-corrected chi connectivity index (χ0v) is 16.5. The first-order chi connectivity index (χ1) is 12.7. The molecule has 0 aliphatic rings. The third-order valence-electron chi connectivity index (χ3n) is 3.68. The van der Waals surface area contributed by atoms with E-state index in [0.29, 0.717) is 16.3 Å². The minimum absolute atomic E-state index is 0.121. The van der Waals surface area contributed by atoms with Crippen LogP contribution in [0.4, 0.5) is 5.13 Å². The molecular formula is C18H17N3O4S2. The van der Waals surface area contributed by atoms with E-state index in [2.05, 4.69) is 15.5 Å². The fourth-order valence-electron chi connectivity index (χ4n) is 2.33. The molecule has 3 aromatic rings. The number of aromatic nitrogens is 2. The van der Waals surface area contributed by atoms with Crippen LogP contribution in [0.15, 0.2) is 47.4 Å². The second kappa shape index (κ2) is 7.45. The minimum atomic E-state index is -3.96. The molecule has 0 radical (unpaired) electrons. The van der Waals surface area contributed by atoms with Gasteiger partial charge >= 0.3 is 10.1 Å². The molecule has 3 rings (SSSR count). The van der Waals surface area contributed by atoms with Crippen LogP contribution in [0.1, 0.15) is 26.5 Å². The van der Waals surface area contributed by atoms with Gasteiger partial charge in [-0.3, -0.25) is 10.1 Å². The molecule has 7 nitrogen and oxygen atoms in total. The Morgan fingerprint density at radius 1 is 1.04 bits per heavy atom. The first kappa shape index (κ1) is 19.0. The van der Waals surface area contributed by atoms with Crippen LogP contribution in [-0.2, 0) is 10.1 Å². The zero-order chi connectivity index (χ0) is 19.6. The third kappa shape index (κ3) is 4.50. The van der Waals surface area contributed by atoms with Gasteiger partial charge in [0.1, 0.15) is 15.7 Å². The van der Waals surface area contributed by atoms with E-state index in [1.54, 1.807) is 26.0 Å². The Kier molecular flexibility index (Phi) is 5.24. The van der Waals surface area contributed by atoms with E-state index >= 15 is 0 Å². The number of carbonyl (C=O) groups excluding carboxylic acids is 1. The second-order valence-corrected chi connectivity index (χ2v) is 8.61. The molecule has 0 fully saturated rings. The van der Waals surface area contributed by atoms with E-state index in [1.807, 2.05) is 13.0 Å². The van der Waals surface area contributed by atoms with Gasteiger partial charge in [-0.15, -0.1) is 10.2 Å². The monoisotopic (exact) mass is 403 g/mol. The number of anilines is 1. The topological polar surface area (TPSA) is 98.2 Å². The van der Waals surface area contributed by atoms with Crippen LogP contribution in [0, 0.1) is 20.8 Å². The fourth-order valence-corrected chi connectivity index (χ4v) is 4.16. The fraction of sp³-hybridized carbons (Fsp3) is 0.167. The lowest BCUT2D eigenvalue weighted by molar-refractivity contribution is 0.102. The average Bonchev–Trinajstić information content (AvgIpc) is 3.02. The largest absolute Gasteiger partial charge is 0.379 e. The number of nitrogens with one attached hydrogen (secondary N) is 1. The number of hydrogen-bond acceptors (Lipinski definition) is 7. The predicted molar refractivity (Wildman–Crippen MR) is 103 cm³/mol. The van der Waals surface area contributed by atoms with Crippen molar-refractivity contribution in [1.82, 2.24) is 10.2 Å². The molecule has 0 spiro atoms. The molecule has 0 aliphatic carbocycles. The van der Waals surface area contributed by atoms with Crippen molar-refractivity contribution < 1.29 is 17.4 Å². The van der Waals surface area contributed by atoms with Gasteiger partial charge < -0.3 is 4.18 Å². The van der Waals surface area contributed by atoms with Crippen molar-refractivity contribution in [3.63, 3.8) is 0 Å². The first-order valence-corrected chi connectivity index (χ1v) is 10.2. The normalized spacial score (nSPS) is 11.2. The van der Waals surface area contributed by atoms with E-state index in [-0.39, 0.29) is 16.6 Å². The summed E-state index contributed by atoms with van der Waals surface area (Å²) in [4.78, 5) is 12.3. The summed E-state index contributed by atoms with van der Waals surface area (Å²) in [7, 11) is -3.96. The Labute approximate surface area is 161 Å². The standard InChI is InChI=1S/C18H17N3O4S2/c1-11-4-5-12(2)16(10-11)27(23,24)25-15-8-6-14(7-9-15)17(22)19-18-21-20-13(3)26-18/h4-10H,1-3H3,(H,19,21,22). The molecule has 0 atom stereocenters. The van der Waals surface area contributed by atoms with Gasteiger partial charge in [-0.1, -0.05) is 23.5 Å². The Hall–Kier alpha value is -2.78.